The van der Waals surface area contributed by atoms with Crippen LogP contribution in [-0.4, -0.2) is 29.6 Å². The summed E-state index contributed by atoms with van der Waals surface area (Å²) >= 11 is 0. The van der Waals surface area contributed by atoms with Crippen LogP contribution in [0.4, 0.5) is 0 Å². The average Bonchev–Trinajstić information content (AvgIpc) is 2.47. The molecule has 0 saturated carbocycles. The molecule has 1 saturated heterocycles. The molecular weight excluding hydrogens is 244 g/mol. The fourth-order valence-corrected chi connectivity index (χ4v) is 2.90. The number of hydrogen-bond acceptors (Lipinski definition) is 2. The Bertz CT molecular complexity index is 470. The Morgan fingerprint density at radius 1 is 1.30 bits per heavy atom. The zero-order valence-corrected chi connectivity index (χ0v) is 13.1. The summed E-state index contributed by atoms with van der Waals surface area (Å²) in [5.74, 6) is 3.58. The SMILES string of the molecule is C#CC(C)(C)N1CC(C(C)C)NCC1c1ccccc1. The Hall–Kier alpha value is -1.30. The van der Waals surface area contributed by atoms with Gasteiger partial charge in [-0.25, -0.2) is 0 Å². The maximum absolute atomic E-state index is 5.79. The number of nitrogens with one attached hydrogen (secondary N) is 1. The molecule has 2 nitrogen and oxygen atoms in total. The maximum atomic E-state index is 5.79. The summed E-state index contributed by atoms with van der Waals surface area (Å²) < 4.78 is 0. The van der Waals surface area contributed by atoms with Gasteiger partial charge in [0, 0.05) is 25.2 Å². The van der Waals surface area contributed by atoms with Crippen molar-refractivity contribution in [3.05, 3.63) is 35.9 Å². The van der Waals surface area contributed by atoms with E-state index in [-0.39, 0.29) is 5.54 Å². The van der Waals surface area contributed by atoms with Gasteiger partial charge in [0.05, 0.1) is 5.54 Å². The van der Waals surface area contributed by atoms with Crippen LogP contribution in [0.1, 0.15) is 39.3 Å². The molecule has 1 aliphatic heterocycles. The largest absolute Gasteiger partial charge is 0.311 e. The molecule has 20 heavy (non-hydrogen) atoms. The zero-order chi connectivity index (χ0) is 14.8. The summed E-state index contributed by atoms with van der Waals surface area (Å²) in [7, 11) is 0. The molecule has 2 heteroatoms. The third-order valence-corrected chi connectivity index (χ3v) is 4.40. The number of terminal acetylenes is 1. The van der Waals surface area contributed by atoms with Gasteiger partial charge in [0.15, 0.2) is 0 Å². The lowest BCUT2D eigenvalue weighted by Gasteiger charge is -2.48. The summed E-state index contributed by atoms with van der Waals surface area (Å²) in [6.07, 6.45) is 5.79. The van der Waals surface area contributed by atoms with E-state index in [1.807, 2.05) is 0 Å². The summed E-state index contributed by atoms with van der Waals surface area (Å²) in [5, 5.41) is 3.68. The smallest absolute Gasteiger partial charge is 0.0772 e. The normalized spacial score (nSPS) is 24.6. The minimum atomic E-state index is -0.226. The molecule has 1 aliphatic rings. The second kappa shape index (κ2) is 5.99. The summed E-state index contributed by atoms with van der Waals surface area (Å²) in [6.45, 7) is 10.8. The lowest BCUT2D eigenvalue weighted by atomic mass is 9.90. The molecule has 0 bridgehead atoms. The van der Waals surface area contributed by atoms with Gasteiger partial charge in [-0.1, -0.05) is 50.1 Å². The highest BCUT2D eigenvalue weighted by molar-refractivity contribution is 5.23. The third kappa shape index (κ3) is 3.06. The van der Waals surface area contributed by atoms with Gasteiger partial charge in [0.1, 0.15) is 0 Å². The van der Waals surface area contributed by atoms with E-state index >= 15 is 0 Å². The second-order valence-electron chi connectivity index (χ2n) is 6.54. The van der Waals surface area contributed by atoms with Crippen LogP contribution >= 0.6 is 0 Å². The van der Waals surface area contributed by atoms with Crippen molar-refractivity contribution in [2.24, 2.45) is 5.92 Å². The quantitative estimate of drug-likeness (QED) is 0.849. The molecule has 0 spiro atoms. The van der Waals surface area contributed by atoms with E-state index in [4.69, 9.17) is 6.42 Å². The van der Waals surface area contributed by atoms with Crippen LogP contribution in [0.25, 0.3) is 0 Å². The molecule has 1 aromatic carbocycles. The summed E-state index contributed by atoms with van der Waals surface area (Å²) in [5.41, 5.74) is 1.11. The molecule has 1 N–H and O–H groups in total. The number of nitrogens with zero attached hydrogens (tertiary/aromatic N) is 1. The second-order valence-corrected chi connectivity index (χ2v) is 6.54. The predicted molar refractivity (Wildman–Crippen MR) is 85.4 cm³/mol. The Morgan fingerprint density at radius 3 is 2.50 bits per heavy atom. The van der Waals surface area contributed by atoms with Crippen molar-refractivity contribution in [2.75, 3.05) is 13.1 Å². The van der Waals surface area contributed by atoms with Gasteiger partial charge < -0.3 is 5.32 Å². The molecule has 1 heterocycles. The van der Waals surface area contributed by atoms with Crippen LogP contribution in [0.5, 0.6) is 0 Å². The Labute approximate surface area is 123 Å². The molecule has 0 aliphatic carbocycles. The Morgan fingerprint density at radius 2 is 1.95 bits per heavy atom. The van der Waals surface area contributed by atoms with Crippen LogP contribution in [0.3, 0.4) is 0 Å². The highest BCUT2D eigenvalue weighted by Crippen LogP contribution is 2.31. The Kier molecular flexibility index (Phi) is 4.52. The molecule has 1 fully saturated rings. The van der Waals surface area contributed by atoms with E-state index in [1.54, 1.807) is 0 Å². The van der Waals surface area contributed by atoms with Crippen molar-refractivity contribution < 1.29 is 0 Å². The van der Waals surface area contributed by atoms with Gasteiger partial charge in [-0.15, -0.1) is 6.42 Å². The first-order valence-electron chi connectivity index (χ1n) is 7.48. The topological polar surface area (TPSA) is 15.3 Å². The number of piperazine rings is 1. The minimum Gasteiger partial charge on any atom is -0.311 e. The van der Waals surface area contributed by atoms with Gasteiger partial charge >= 0.3 is 0 Å². The molecule has 2 unspecified atom stereocenters. The fraction of sp³-hybridized carbons (Fsp3) is 0.556. The maximum Gasteiger partial charge on any atom is 0.0772 e. The fourth-order valence-electron chi connectivity index (χ4n) is 2.90. The van der Waals surface area contributed by atoms with Crippen molar-refractivity contribution >= 4 is 0 Å². The first-order chi connectivity index (χ1) is 9.45. The molecular formula is C18H26N2. The van der Waals surface area contributed by atoms with Crippen LogP contribution in [0.2, 0.25) is 0 Å². The van der Waals surface area contributed by atoms with E-state index < -0.39 is 0 Å². The van der Waals surface area contributed by atoms with Gasteiger partial charge in [-0.05, 0) is 25.3 Å². The van der Waals surface area contributed by atoms with E-state index in [0.717, 1.165) is 13.1 Å². The monoisotopic (exact) mass is 270 g/mol. The molecule has 2 atom stereocenters. The first-order valence-corrected chi connectivity index (χ1v) is 7.48. The zero-order valence-electron chi connectivity index (χ0n) is 13.1. The lowest BCUT2D eigenvalue weighted by Crippen LogP contribution is -2.59. The van der Waals surface area contributed by atoms with Gasteiger partial charge in [0.25, 0.3) is 0 Å². The van der Waals surface area contributed by atoms with E-state index in [9.17, 15) is 0 Å². The third-order valence-electron chi connectivity index (χ3n) is 4.40. The van der Waals surface area contributed by atoms with Crippen molar-refractivity contribution in [3.63, 3.8) is 0 Å². The van der Waals surface area contributed by atoms with Crippen molar-refractivity contribution in [2.45, 2.75) is 45.3 Å². The van der Waals surface area contributed by atoms with E-state index in [2.05, 4.69) is 74.2 Å². The minimum absolute atomic E-state index is 0.226. The highest BCUT2D eigenvalue weighted by atomic mass is 15.3. The first kappa shape index (κ1) is 15.1. The molecule has 2 rings (SSSR count). The standard InChI is InChI=1S/C18H26N2/c1-6-18(4,5)20-13-16(14(2)3)19-12-17(20)15-10-8-7-9-11-15/h1,7-11,14,16-17,19H,12-13H2,2-5H3. The van der Waals surface area contributed by atoms with Crippen LogP contribution < -0.4 is 5.32 Å². The molecule has 0 radical (unpaired) electrons. The van der Waals surface area contributed by atoms with E-state index in [0.29, 0.717) is 18.0 Å². The van der Waals surface area contributed by atoms with Crippen LogP contribution in [0.15, 0.2) is 30.3 Å². The van der Waals surface area contributed by atoms with Crippen LogP contribution in [-0.2, 0) is 0 Å². The van der Waals surface area contributed by atoms with Gasteiger partial charge in [-0.2, -0.15) is 0 Å². The average molecular weight is 270 g/mol. The molecule has 1 aromatic rings. The summed E-state index contributed by atoms with van der Waals surface area (Å²) in [4.78, 5) is 2.48. The van der Waals surface area contributed by atoms with Gasteiger partial charge in [0.2, 0.25) is 0 Å². The lowest BCUT2D eigenvalue weighted by molar-refractivity contribution is 0.0514. The van der Waals surface area contributed by atoms with E-state index in [1.165, 1.54) is 5.56 Å². The Balaban J connectivity index is 2.29. The highest BCUT2D eigenvalue weighted by Gasteiger charge is 2.37. The summed E-state index contributed by atoms with van der Waals surface area (Å²) in [6, 6.07) is 11.5. The van der Waals surface area contributed by atoms with Crippen molar-refractivity contribution in [1.29, 1.82) is 0 Å². The van der Waals surface area contributed by atoms with Crippen molar-refractivity contribution in [1.82, 2.24) is 10.2 Å². The number of benzene rings is 1. The molecule has 0 aromatic heterocycles. The molecule has 108 valence electrons. The van der Waals surface area contributed by atoms with Crippen molar-refractivity contribution in [3.8, 4) is 12.3 Å². The predicted octanol–water partition coefficient (Wildman–Crippen LogP) is 3.07. The number of hydrogen-bond donors (Lipinski definition) is 1. The molecule has 0 amide bonds. The van der Waals surface area contributed by atoms with Crippen LogP contribution in [0, 0.1) is 18.3 Å². The van der Waals surface area contributed by atoms with Gasteiger partial charge in [-0.3, -0.25) is 4.90 Å². The number of rotatable bonds is 3.